The molecule has 0 spiro atoms. The predicted octanol–water partition coefficient (Wildman–Crippen LogP) is 1.78. The van der Waals surface area contributed by atoms with E-state index in [2.05, 4.69) is 11.8 Å². The van der Waals surface area contributed by atoms with Gasteiger partial charge in [-0.05, 0) is 32.2 Å². The van der Waals surface area contributed by atoms with Crippen LogP contribution in [0.1, 0.15) is 45.4 Å². The third-order valence-electron chi connectivity index (χ3n) is 3.50. The molecule has 0 saturated heterocycles. The zero-order valence-electron chi connectivity index (χ0n) is 8.63. The van der Waals surface area contributed by atoms with Crippen molar-refractivity contribution < 1.29 is 5.11 Å². The van der Waals surface area contributed by atoms with E-state index in [1.54, 1.807) is 0 Å². The summed E-state index contributed by atoms with van der Waals surface area (Å²) in [5, 5.41) is 10.2. The zero-order valence-corrected chi connectivity index (χ0v) is 8.63. The maximum absolute atomic E-state index is 10.2. The van der Waals surface area contributed by atoms with Crippen molar-refractivity contribution in [2.24, 2.45) is 0 Å². The van der Waals surface area contributed by atoms with Gasteiger partial charge in [0.25, 0.3) is 0 Å². The van der Waals surface area contributed by atoms with Crippen molar-refractivity contribution in [3.05, 3.63) is 0 Å². The fourth-order valence-electron chi connectivity index (χ4n) is 2.51. The van der Waals surface area contributed by atoms with Gasteiger partial charge in [-0.25, -0.2) is 0 Å². The molecule has 1 N–H and O–H groups in total. The van der Waals surface area contributed by atoms with Gasteiger partial charge in [-0.2, -0.15) is 0 Å². The predicted molar refractivity (Wildman–Crippen MR) is 53.7 cm³/mol. The fraction of sp³-hybridized carbons (Fsp3) is 1.00. The summed E-state index contributed by atoms with van der Waals surface area (Å²) in [5.74, 6) is 0. The molecule has 2 rings (SSSR count). The number of hydrogen-bond acceptors (Lipinski definition) is 2. The molecule has 2 heteroatoms. The second kappa shape index (κ2) is 3.58. The maximum Gasteiger partial charge on any atom is 0.0774 e. The molecule has 13 heavy (non-hydrogen) atoms. The Morgan fingerprint density at radius 1 is 1.31 bits per heavy atom. The number of nitrogens with zero attached hydrogens (tertiary/aromatic N) is 1. The summed E-state index contributed by atoms with van der Waals surface area (Å²) in [5.41, 5.74) is -0.335. The smallest absolute Gasteiger partial charge is 0.0774 e. The van der Waals surface area contributed by atoms with Gasteiger partial charge < -0.3 is 5.11 Å². The second-order valence-corrected chi connectivity index (χ2v) is 4.73. The summed E-state index contributed by atoms with van der Waals surface area (Å²) >= 11 is 0. The molecule has 2 aliphatic rings. The van der Waals surface area contributed by atoms with E-state index < -0.39 is 0 Å². The average molecular weight is 183 g/mol. The molecule has 0 unspecified atom stereocenters. The van der Waals surface area contributed by atoms with Gasteiger partial charge >= 0.3 is 0 Å². The SMILES string of the molecule is CCN(CC1(O)CCCC1)C1CC1. The molecule has 0 amide bonds. The normalized spacial score (nSPS) is 27.0. The van der Waals surface area contributed by atoms with Gasteiger partial charge in [0.15, 0.2) is 0 Å². The first-order valence-corrected chi connectivity index (χ1v) is 5.70. The Bertz CT molecular complexity index is 171. The van der Waals surface area contributed by atoms with Crippen LogP contribution in [0.5, 0.6) is 0 Å². The van der Waals surface area contributed by atoms with Crippen LogP contribution in [-0.2, 0) is 0 Å². The van der Waals surface area contributed by atoms with E-state index in [0.29, 0.717) is 0 Å². The first-order valence-electron chi connectivity index (χ1n) is 5.70. The van der Waals surface area contributed by atoms with Crippen LogP contribution in [0.3, 0.4) is 0 Å². The molecule has 2 saturated carbocycles. The van der Waals surface area contributed by atoms with Gasteiger partial charge in [0, 0.05) is 12.6 Å². The Morgan fingerprint density at radius 2 is 1.92 bits per heavy atom. The zero-order chi connectivity index (χ0) is 9.31. The summed E-state index contributed by atoms with van der Waals surface area (Å²) in [6.45, 7) is 4.23. The van der Waals surface area contributed by atoms with E-state index in [9.17, 15) is 5.11 Å². The Kier molecular flexibility index (Phi) is 2.61. The molecule has 0 aromatic carbocycles. The third-order valence-corrected chi connectivity index (χ3v) is 3.50. The summed E-state index contributed by atoms with van der Waals surface area (Å²) < 4.78 is 0. The van der Waals surface area contributed by atoms with Crippen LogP contribution < -0.4 is 0 Å². The number of rotatable bonds is 4. The molecular formula is C11H21NO. The largest absolute Gasteiger partial charge is 0.389 e. The summed E-state index contributed by atoms with van der Waals surface area (Å²) in [7, 11) is 0. The standard InChI is InChI=1S/C11H21NO/c1-2-12(10-5-6-10)9-11(13)7-3-4-8-11/h10,13H,2-9H2,1H3. The topological polar surface area (TPSA) is 23.5 Å². The van der Waals surface area contributed by atoms with Gasteiger partial charge in [-0.15, -0.1) is 0 Å². The molecule has 2 aliphatic carbocycles. The van der Waals surface area contributed by atoms with Crippen LogP contribution in [-0.4, -0.2) is 34.7 Å². The summed E-state index contributed by atoms with van der Waals surface area (Å²) in [6, 6.07) is 0.801. The Labute approximate surface area is 80.9 Å². The van der Waals surface area contributed by atoms with Crippen molar-refractivity contribution in [3.8, 4) is 0 Å². The van der Waals surface area contributed by atoms with E-state index in [1.807, 2.05) is 0 Å². The van der Waals surface area contributed by atoms with Crippen molar-refractivity contribution in [2.75, 3.05) is 13.1 Å². The van der Waals surface area contributed by atoms with Crippen LogP contribution in [0.2, 0.25) is 0 Å². The van der Waals surface area contributed by atoms with Crippen LogP contribution >= 0.6 is 0 Å². The van der Waals surface area contributed by atoms with E-state index in [1.165, 1.54) is 25.7 Å². The molecule has 0 aromatic rings. The highest BCUT2D eigenvalue weighted by Crippen LogP contribution is 2.34. The Hall–Kier alpha value is -0.0800. The Balaban J connectivity index is 1.86. The highest BCUT2D eigenvalue weighted by Gasteiger charge is 2.37. The van der Waals surface area contributed by atoms with Gasteiger partial charge in [0.05, 0.1) is 5.60 Å². The van der Waals surface area contributed by atoms with Crippen LogP contribution in [0.25, 0.3) is 0 Å². The molecule has 2 fully saturated rings. The Morgan fingerprint density at radius 3 is 2.38 bits per heavy atom. The lowest BCUT2D eigenvalue weighted by molar-refractivity contribution is 0.00835. The van der Waals surface area contributed by atoms with Crippen LogP contribution in [0, 0.1) is 0 Å². The van der Waals surface area contributed by atoms with Crippen molar-refractivity contribution in [3.63, 3.8) is 0 Å². The van der Waals surface area contributed by atoms with E-state index in [4.69, 9.17) is 0 Å². The lowest BCUT2D eigenvalue weighted by Gasteiger charge is -2.30. The van der Waals surface area contributed by atoms with Gasteiger partial charge in [0.1, 0.15) is 0 Å². The second-order valence-electron chi connectivity index (χ2n) is 4.73. The van der Waals surface area contributed by atoms with Crippen molar-refractivity contribution >= 4 is 0 Å². The minimum Gasteiger partial charge on any atom is -0.389 e. The summed E-state index contributed by atoms with van der Waals surface area (Å²) in [6.07, 6.45) is 7.19. The third kappa shape index (κ3) is 2.23. The molecule has 0 aromatic heterocycles. The van der Waals surface area contributed by atoms with E-state index in [-0.39, 0.29) is 5.60 Å². The van der Waals surface area contributed by atoms with Crippen molar-refractivity contribution in [1.82, 2.24) is 4.90 Å². The minimum absolute atomic E-state index is 0.335. The highest BCUT2D eigenvalue weighted by molar-refractivity contribution is 4.92. The molecule has 0 heterocycles. The molecule has 0 atom stereocenters. The molecule has 0 aliphatic heterocycles. The molecular weight excluding hydrogens is 162 g/mol. The molecule has 0 bridgehead atoms. The summed E-state index contributed by atoms with van der Waals surface area (Å²) in [4.78, 5) is 2.46. The quantitative estimate of drug-likeness (QED) is 0.718. The van der Waals surface area contributed by atoms with Crippen molar-refractivity contribution in [1.29, 1.82) is 0 Å². The van der Waals surface area contributed by atoms with Crippen LogP contribution in [0.15, 0.2) is 0 Å². The molecule has 0 radical (unpaired) electrons. The van der Waals surface area contributed by atoms with E-state index in [0.717, 1.165) is 32.0 Å². The van der Waals surface area contributed by atoms with Gasteiger partial charge in [-0.1, -0.05) is 19.8 Å². The molecule has 76 valence electrons. The average Bonchev–Trinajstić information content (AvgIpc) is 2.87. The number of likely N-dealkylation sites (N-methyl/N-ethyl adjacent to an activating group) is 1. The monoisotopic (exact) mass is 183 g/mol. The maximum atomic E-state index is 10.2. The lowest BCUT2D eigenvalue weighted by atomic mass is 10.0. The van der Waals surface area contributed by atoms with Gasteiger partial charge in [0.2, 0.25) is 0 Å². The molecule has 2 nitrogen and oxygen atoms in total. The number of hydrogen-bond donors (Lipinski definition) is 1. The lowest BCUT2D eigenvalue weighted by Crippen LogP contribution is -2.42. The number of aliphatic hydroxyl groups is 1. The first kappa shape index (κ1) is 9.47. The van der Waals surface area contributed by atoms with Gasteiger partial charge in [-0.3, -0.25) is 4.90 Å². The first-order chi connectivity index (χ1) is 6.23. The minimum atomic E-state index is -0.335. The highest BCUT2D eigenvalue weighted by atomic mass is 16.3. The van der Waals surface area contributed by atoms with Crippen LogP contribution in [0.4, 0.5) is 0 Å². The van der Waals surface area contributed by atoms with E-state index >= 15 is 0 Å². The fourth-order valence-corrected chi connectivity index (χ4v) is 2.51. The van der Waals surface area contributed by atoms with Crippen molar-refractivity contribution in [2.45, 2.75) is 57.1 Å².